The number of benzene rings is 1. The summed E-state index contributed by atoms with van der Waals surface area (Å²) in [6.07, 6.45) is 0. The number of anilines is 2. The van der Waals surface area contributed by atoms with Crippen molar-refractivity contribution in [3.05, 3.63) is 24.3 Å². The van der Waals surface area contributed by atoms with Crippen LogP contribution in [0.2, 0.25) is 0 Å². The van der Waals surface area contributed by atoms with Crippen molar-refractivity contribution in [1.82, 2.24) is 9.80 Å². The summed E-state index contributed by atoms with van der Waals surface area (Å²) in [7, 11) is 0. The molecular weight excluding hydrogens is 268 g/mol. The molecule has 4 N–H and O–H groups in total. The van der Waals surface area contributed by atoms with Gasteiger partial charge in [-0.15, -0.1) is 0 Å². The largest absolute Gasteiger partial charge is 0.399 e. The van der Waals surface area contributed by atoms with Gasteiger partial charge in [-0.2, -0.15) is 0 Å². The quantitative estimate of drug-likeness (QED) is 0.731. The van der Waals surface area contributed by atoms with Crippen LogP contribution in [0.15, 0.2) is 24.3 Å². The zero-order valence-electron chi connectivity index (χ0n) is 12.7. The molecule has 1 aliphatic rings. The molecule has 116 valence electrons. The van der Waals surface area contributed by atoms with Gasteiger partial charge >= 0.3 is 6.03 Å². The van der Waals surface area contributed by atoms with Crippen molar-refractivity contribution < 1.29 is 9.90 Å². The molecule has 0 unspecified atom stereocenters. The lowest BCUT2D eigenvalue weighted by Gasteiger charge is -2.37. The summed E-state index contributed by atoms with van der Waals surface area (Å²) in [6.45, 7) is 7.10. The van der Waals surface area contributed by atoms with Crippen LogP contribution in [0.5, 0.6) is 0 Å². The molecule has 0 aromatic heterocycles. The number of nitrogen functional groups attached to an aromatic ring is 1. The van der Waals surface area contributed by atoms with Crippen LogP contribution in [0.3, 0.4) is 0 Å². The Morgan fingerprint density at radius 1 is 1.24 bits per heavy atom. The number of nitrogens with zero attached hydrogens (tertiary/aromatic N) is 2. The Hall–Kier alpha value is -1.79. The van der Waals surface area contributed by atoms with Crippen molar-refractivity contribution in [1.29, 1.82) is 0 Å². The first kappa shape index (κ1) is 15.6. The molecule has 2 amide bonds. The molecule has 0 atom stereocenters. The van der Waals surface area contributed by atoms with E-state index in [4.69, 9.17) is 5.73 Å². The van der Waals surface area contributed by atoms with E-state index in [9.17, 15) is 9.90 Å². The van der Waals surface area contributed by atoms with Gasteiger partial charge in [-0.25, -0.2) is 4.79 Å². The van der Waals surface area contributed by atoms with E-state index in [0.29, 0.717) is 25.3 Å². The third-order valence-electron chi connectivity index (χ3n) is 3.43. The Morgan fingerprint density at radius 3 is 2.33 bits per heavy atom. The first-order chi connectivity index (χ1) is 9.83. The molecule has 1 heterocycles. The maximum atomic E-state index is 12.2. The molecule has 0 bridgehead atoms. The normalized spacial score (nSPS) is 16.8. The number of nitrogens with two attached hydrogens (primary N) is 1. The van der Waals surface area contributed by atoms with Gasteiger partial charge in [0.15, 0.2) is 0 Å². The fourth-order valence-corrected chi connectivity index (χ4v) is 2.43. The lowest BCUT2D eigenvalue weighted by atomic mass is 10.1. The van der Waals surface area contributed by atoms with Gasteiger partial charge in [0.05, 0.1) is 5.60 Å². The highest BCUT2D eigenvalue weighted by atomic mass is 16.3. The Bertz CT molecular complexity index is 473. The van der Waals surface area contributed by atoms with Gasteiger partial charge in [-0.3, -0.25) is 4.90 Å². The Morgan fingerprint density at radius 2 is 1.81 bits per heavy atom. The molecule has 0 aliphatic carbocycles. The van der Waals surface area contributed by atoms with Crippen LogP contribution in [-0.2, 0) is 0 Å². The predicted molar refractivity (Wildman–Crippen MR) is 84.2 cm³/mol. The van der Waals surface area contributed by atoms with Crippen molar-refractivity contribution in [3.63, 3.8) is 0 Å². The van der Waals surface area contributed by atoms with Crippen molar-refractivity contribution in [2.75, 3.05) is 43.8 Å². The van der Waals surface area contributed by atoms with Gasteiger partial charge < -0.3 is 21.1 Å². The van der Waals surface area contributed by atoms with Crippen LogP contribution in [0.4, 0.5) is 16.2 Å². The number of hydrogen-bond donors (Lipinski definition) is 3. The number of piperazine rings is 1. The molecule has 1 aromatic rings. The van der Waals surface area contributed by atoms with E-state index in [-0.39, 0.29) is 6.03 Å². The van der Waals surface area contributed by atoms with Gasteiger partial charge in [0.2, 0.25) is 0 Å². The maximum absolute atomic E-state index is 12.2. The van der Waals surface area contributed by atoms with E-state index < -0.39 is 5.60 Å². The number of amides is 2. The van der Waals surface area contributed by atoms with Gasteiger partial charge in [-0.05, 0) is 38.1 Å². The maximum Gasteiger partial charge on any atom is 0.321 e. The fraction of sp³-hybridized carbons (Fsp3) is 0.533. The number of carbonyl (C=O) groups excluding carboxylic acids is 1. The summed E-state index contributed by atoms with van der Waals surface area (Å²) in [4.78, 5) is 16.1. The average Bonchev–Trinajstić information content (AvgIpc) is 2.40. The second-order valence-corrected chi connectivity index (χ2v) is 6.13. The minimum Gasteiger partial charge on any atom is -0.399 e. The molecule has 1 aliphatic heterocycles. The molecular formula is C15H24N4O2. The highest BCUT2D eigenvalue weighted by Gasteiger charge is 2.24. The van der Waals surface area contributed by atoms with Crippen LogP contribution < -0.4 is 11.1 Å². The molecule has 6 heteroatoms. The minimum absolute atomic E-state index is 0.0947. The Labute approximate surface area is 125 Å². The molecule has 0 radical (unpaired) electrons. The monoisotopic (exact) mass is 292 g/mol. The van der Waals surface area contributed by atoms with Crippen LogP contribution in [0.1, 0.15) is 13.8 Å². The van der Waals surface area contributed by atoms with E-state index in [2.05, 4.69) is 10.2 Å². The number of hydrogen-bond acceptors (Lipinski definition) is 4. The number of urea groups is 1. The Balaban J connectivity index is 1.81. The summed E-state index contributed by atoms with van der Waals surface area (Å²) < 4.78 is 0. The number of carbonyl (C=O) groups is 1. The molecule has 1 fully saturated rings. The average molecular weight is 292 g/mol. The van der Waals surface area contributed by atoms with E-state index in [1.54, 1.807) is 43.0 Å². The van der Waals surface area contributed by atoms with Crippen molar-refractivity contribution in [2.45, 2.75) is 19.4 Å². The van der Waals surface area contributed by atoms with Crippen LogP contribution >= 0.6 is 0 Å². The summed E-state index contributed by atoms with van der Waals surface area (Å²) in [5, 5.41) is 12.7. The molecule has 6 nitrogen and oxygen atoms in total. The van der Waals surface area contributed by atoms with Crippen molar-refractivity contribution in [2.24, 2.45) is 0 Å². The van der Waals surface area contributed by atoms with Crippen LogP contribution in [0.25, 0.3) is 0 Å². The van der Waals surface area contributed by atoms with Gasteiger partial charge in [0, 0.05) is 44.1 Å². The van der Waals surface area contributed by atoms with Crippen LogP contribution in [0, 0.1) is 0 Å². The van der Waals surface area contributed by atoms with Gasteiger partial charge in [0.25, 0.3) is 0 Å². The van der Waals surface area contributed by atoms with Gasteiger partial charge in [0.1, 0.15) is 0 Å². The predicted octanol–water partition coefficient (Wildman–Crippen LogP) is 1.19. The summed E-state index contributed by atoms with van der Waals surface area (Å²) in [5.41, 5.74) is 6.33. The number of nitrogens with one attached hydrogen (secondary N) is 1. The zero-order chi connectivity index (χ0) is 15.5. The van der Waals surface area contributed by atoms with E-state index in [0.717, 1.165) is 18.8 Å². The second kappa shape index (κ2) is 6.32. The topological polar surface area (TPSA) is 81.8 Å². The van der Waals surface area contributed by atoms with Crippen LogP contribution in [-0.4, -0.2) is 59.3 Å². The molecule has 0 spiro atoms. The van der Waals surface area contributed by atoms with Crippen molar-refractivity contribution >= 4 is 17.4 Å². The zero-order valence-corrected chi connectivity index (χ0v) is 12.7. The van der Waals surface area contributed by atoms with E-state index in [1.807, 2.05) is 0 Å². The molecule has 21 heavy (non-hydrogen) atoms. The third kappa shape index (κ3) is 4.91. The fourth-order valence-electron chi connectivity index (χ4n) is 2.43. The molecule has 2 rings (SSSR count). The smallest absolute Gasteiger partial charge is 0.321 e. The molecule has 1 saturated heterocycles. The lowest BCUT2D eigenvalue weighted by molar-refractivity contribution is 0.0231. The van der Waals surface area contributed by atoms with E-state index >= 15 is 0 Å². The van der Waals surface area contributed by atoms with Crippen molar-refractivity contribution in [3.8, 4) is 0 Å². The summed E-state index contributed by atoms with van der Waals surface area (Å²) in [6, 6.07) is 7.01. The molecule has 1 aromatic carbocycles. The Kier molecular flexibility index (Phi) is 4.69. The van der Waals surface area contributed by atoms with E-state index in [1.165, 1.54) is 0 Å². The second-order valence-electron chi connectivity index (χ2n) is 6.13. The standard InChI is InChI=1S/C15H24N4O2/c1-15(2,21)11-18-7-9-19(10-8-18)14(20)17-13-5-3-12(16)4-6-13/h3-6,21H,7-11,16H2,1-2H3,(H,17,20). The summed E-state index contributed by atoms with van der Waals surface area (Å²) in [5.74, 6) is 0. The highest BCUT2D eigenvalue weighted by molar-refractivity contribution is 5.89. The highest BCUT2D eigenvalue weighted by Crippen LogP contribution is 2.13. The number of β-amino-alcohol motifs (C(OH)–C–C–N with tert-alkyl or cyclic N) is 1. The number of aliphatic hydroxyl groups is 1. The summed E-state index contributed by atoms with van der Waals surface area (Å²) >= 11 is 0. The number of rotatable bonds is 3. The lowest BCUT2D eigenvalue weighted by Crippen LogP contribution is -2.52. The SMILES string of the molecule is CC(C)(O)CN1CCN(C(=O)Nc2ccc(N)cc2)CC1. The first-order valence-electron chi connectivity index (χ1n) is 7.20. The minimum atomic E-state index is -0.700. The first-order valence-corrected chi connectivity index (χ1v) is 7.20. The van der Waals surface area contributed by atoms with Gasteiger partial charge in [-0.1, -0.05) is 0 Å². The third-order valence-corrected chi connectivity index (χ3v) is 3.43. The molecule has 0 saturated carbocycles.